The Morgan fingerprint density at radius 3 is 1.19 bits per heavy atom. The third-order valence-corrected chi connectivity index (χ3v) is 25.4. The molecule has 0 saturated carbocycles. The highest BCUT2D eigenvalue weighted by atomic mass is 14.9. The molecule has 0 fully saturated rings. The second-order valence-corrected chi connectivity index (χ2v) is 34.4. The van der Waals surface area contributed by atoms with Crippen molar-refractivity contribution in [3.63, 3.8) is 0 Å². The highest BCUT2D eigenvalue weighted by Crippen LogP contribution is 2.53. The molecule has 0 radical (unpaired) electrons. The van der Waals surface area contributed by atoms with E-state index in [-0.39, 0.29) is 0 Å². The summed E-state index contributed by atoms with van der Waals surface area (Å²) in [5.41, 5.74) is 31.2. The van der Waals surface area contributed by atoms with Gasteiger partial charge in [-0.15, -0.1) is 0 Å². The van der Waals surface area contributed by atoms with Crippen LogP contribution in [0.2, 0.25) is 0 Å². The first kappa shape index (κ1) is 68.0. The summed E-state index contributed by atoms with van der Waals surface area (Å²) in [7, 11) is 6.39. The number of fused-ring (bicyclic) bond motifs is 22. The highest BCUT2D eigenvalue weighted by Gasteiger charge is 2.39. The van der Waals surface area contributed by atoms with Gasteiger partial charge >= 0.3 is 0 Å². The fourth-order valence-corrected chi connectivity index (χ4v) is 19.3. The van der Waals surface area contributed by atoms with Crippen LogP contribution in [0.15, 0.2) is 334 Å². The summed E-state index contributed by atoms with van der Waals surface area (Å²) in [5, 5.41) is 10.8. The van der Waals surface area contributed by atoms with Crippen molar-refractivity contribution in [2.75, 3.05) is 0 Å². The quantitative estimate of drug-likeness (QED) is 0.144. The van der Waals surface area contributed by atoms with Gasteiger partial charge in [0.1, 0.15) is 0 Å². The lowest BCUT2D eigenvalue weighted by Gasteiger charge is -2.23. The van der Waals surface area contributed by atoms with Crippen LogP contribution < -0.4 is 0 Å². The first-order valence-electron chi connectivity index (χ1n) is 48.1. The molecule has 0 bridgehead atoms. The Labute approximate surface area is 735 Å². The third-order valence-electron chi connectivity index (χ3n) is 25.4. The number of hydrogen-bond acceptors (Lipinski definition) is 0. The molecule has 16 aromatic carbocycles. The zero-order chi connectivity index (χ0) is 95.1. The third kappa shape index (κ3) is 15.1. The van der Waals surface area contributed by atoms with Gasteiger partial charge in [-0.2, -0.15) is 0 Å². The molecule has 3 heteroatoms. The van der Waals surface area contributed by atoms with E-state index in [0.717, 1.165) is 111 Å². The predicted octanol–water partition coefficient (Wildman–Crippen LogP) is 31.6. The van der Waals surface area contributed by atoms with Crippen LogP contribution in [0.25, 0.3) is 121 Å². The number of nitrogens with zero attached hydrogens (tertiary/aromatic N) is 3. The van der Waals surface area contributed by atoms with Gasteiger partial charge in [-0.1, -0.05) is 380 Å². The monoisotopic (exact) mass is 1590 g/mol. The second-order valence-electron chi connectivity index (χ2n) is 34.4. The summed E-state index contributed by atoms with van der Waals surface area (Å²) >= 11 is 0. The van der Waals surface area contributed by atoms with Crippen LogP contribution in [0, 0.1) is 62.3 Å². The summed E-state index contributed by atoms with van der Waals surface area (Å²) in [4.78, 5) is 0. The minimum absolute atomic E-state index is 0.910. The maximum Gasteiger partial charge on any atom is 0.0518 e. The Kier molecular flexibility index (Phi) is 18.4. The molecule has 0 amide bonds. The van der Waals surface area contributed by atoms with Crippen LogP contribution in [-0.2, 0) is 42.8 Å². The first-order chi connectivity index (χ1) is 63.0. The standard InChI is InChI=1S/4C16H16.3C14H13N.C12H12/c1-11-7-6-9-13-12-8-4-5-10-14(12)16(2,3)15(11)13;1-11-7-6-10-14-15(11)12-8-4-5-9-13(12)16(14,2)3;1-11-8-9-15-13(10-11)12-6-4-5-7-14(12)16(15,2)3;1-11-8-9-13-12-6-4-5-7-14(12)16(2,3)15(13)10-11;1-10-6-5-8-12-11-7-3-4-9-13(11)15(2)14(10)12;1-10-7-8-14-12(9-10)11-5-3-4-6-13(11)15(14)2;1-10-7-8-12-11-5-3-4-6-13(11)15(2)14(12)9-10;1-9-3-5-12-8-10(2)4-6-11(12)7-9/h4*4-10H,1-3H3;3*3-9H,1-2H3;3-8H,1-2H3/i4*2D3;;;;. The van der Waals surface area contributed by atoms with Gasteiger partial charge < -0.3 is 13.7 Å². The van der Waals surface area contributed by atoms with E-state index in [2.05, 4.69) is 239 Å². The Bertz CT molecular complexity index is 7610. The van der Waals surface area contributed by atoms with Crippen molar-refractivity contribution < 1.29 is 16.4 Å². The van der Waals surface area contributed by atoms with E-state index in [1.54, 1.807) is 0 Å². The molecule has 3 nitrogen and oxygen atoms in total. The summed E-state index contributed by atoms with van der Waals surface area (Å²) in [6, 6.07) is 114. The molecule has 4 atom stereocenters. The molecular formula is C118H115N3. The largest absolute Gasteiger partial charge is 0.344 e. The van der Waals surface area contributed by atoms with Crippen LogP contribution in [0.5, 0.6) is 0 Å². The SMILES string of the molecule is Cc1ccc2c(c1)c1ccccc1n2C.Cc1ccc2c3ccccc3n(C)c2c1.Cc1ccc2cc(C)ccc2c1.Cc1cccc2c3ccccc3n(C)c12.[2H]C([2H])([2H])C1(C)c2ccccc2-c2c(C)cccc21.[2H]C([2H])([2H])C1(C)c2ccccc2-c2cc(C)ccc21.[2H]C([2H])([2H])C1(C)c2ccccc2-c2ccc(C)cc21.[2H]C([2H])([2H])C1(C)c2ccccc2-c2cccc(C)c21. The van der Waals surface area contributed by atoms with E-state index in [1.165, 1.54) is 104 Å². The lowest BCUT2D eigenvalue weighted by Crippen LogP contribution is -2.16. The average molecular weight is 1590 g/mol. The fourth-order valence-electron chi connectivity index (χ4n) is 19.3. The molecule has 602 valence electrons. The van der Waals surface area contributed by atoms with Crippen molar-refractivity contribution in [3.05, 3.63) is 428 Å². The van der Waals surface area contributed by atoms with Gasteiger partial charge in [-0.3, -0.25) is 0 Å². The number of hydrogen-bond donors (Lipinski definition) is 0. The van der Waals surface area contributed by atoms with Crippen molar-refractivity contribution in [2.45, 2.75) is 139 Å². The van der Waals surface area contributed by atoms with E-state index in [1.807, 2.05) is 219 Å². The summed E-state index contributed by atoms with van der Waals surface area (Å²) in [6.07, 6.45) is 0. The second kappa shape index (κ2) is 32.7. The molecule has 3 aromatic heterocycles. The molecule has 0 aliphatic heterocycles. The Hall–Kier alpha value is -12.8. The average Bonchev–Trinajstić information content (AvgIpc) is 1.56. The molecule has 3 heterocycles. The van der Waals surface area contributed by atoms with Crippen molar-refractivity contribution in [2.24, 2.45) is 21.1 Å². The normalized spacial score (nSPS) is 18.6. The van der Waals surface area contributed by atoms with Crippen molar-refractivity contribution in [1.82, 2.24) is 13.7 Å². The van der Waals surface area contributed by atoms with Crippen LogP contribution in [-0.4, -0.2) is 13.7 Å². The molecule has 4 unspecified atom stereocenters. The number of benzene rings is 16. The molecule has 0 spiro atoms. The van der Waals surface area contributed by atoms with E-state index in [4.69, 9.17) is 16.4 Å². The zero-order valence-electron chi connectivity index (χ0n) is 84.6. The lowest BCUT2D eigenvalue weighted by molar-refractivity contribution is 0.655. The van der Waals surface area contributed by atoms with Crippen LogP contribution in [0.4, 0.5) is 0 Å². The number of aryl methyl sites for hydroxylation is 12. The van der Waals surface area contributed by atoms with Crippen molar-refractivity contribution >= 4 is 76.2 Å². The van der Waals surface area contributed by atoms with Gasteiger partial charge in [0.15, 0.2) is 0 Å². The van der Waals surface area contributed by atoms with Gasteiger partial charge in [0.25, 0.3) is 0 Å². The molecule has 0 saturated heterocycles. The minimum atomic E-state index is -2.06. The number of aromatic nitrogens is 3. The number of para-hydroxylation sites is 4. The maximum atomic E-state index is 8.02. The van der Waals surface area contributed by atoms with E-state index >= 15 is 0 Å². The van der Waals surface area contributed by atoms with E-state index in [9.17, 15) is 0 Å². The molecule has 4 aliphatic carbocycles. The molecular weight excluding hydrogens is 1460 g/mol. The number of rotatable bonds is 0. The van der Waals surface area contributed by atoms with Crippen LogP contribution in [0.1, 0.15) is 166 Å². The molecule has 19 aromatic rings. The van der Waals surface area contributed by atoms with Gasteiger partial charge in [0, 0.05) is 119 Å². The summed E-state index contributed by atoms with van der Waals surface area (Å²) in [5.74, 6) is 0. The van der Waals surface area contributed by atoms with Gasteiger partial charge in [0.2, 0.25) is 0 Å². The molecule has 121 heavy (non-hydrogen) atoms. The van der Waals surface area contributed by atoms with Gasteiger partial charge in [-0.05, 0) is 221 Å². The maximum absolute atomic E-state index is 8.02. The Morgan fingerprint density at radius 1 is 0.215 bits per heavy atom. The lowest BCUT2D eigenvalue weighted by atomic mass is 9.80. The molecule has 23 rings (SSSR count). The minimum Gasteiger partial charge on any atom is -0.344 e. The van der Waals surface area contributed by atoms with E-state index < -0.39 is 49.1 Å². The zero-order valence-corrected chi connectivity index (χ0v) is 72.6. The highest BCUT2D eigenvalue weighted by molar-refractivity contribution is 6.10. The van der Waals surface area contributed by atoms with Crippen molar-refractivity contribution in [3.8, 4) is 44.5 Å². The predicted molar refractivity (Wildman–Crippen MR) is 524 cm³/mol. The van der Waals surface area contributed by atoms with Gasteiger partial charge in [0.05, 0.1) is 5.52 Å². The smallest absolute Gasteiger partial charge is 0.0518 e. The topological polar surface area (TPSA) is 14.8 Å². The molecule has 4 aliphatic rings. The van der Waals surface area contributed by atoms with Crippen molar-refractivity contribution in [1.29, 1.82) is 0 Å². The van der Waals surface area contributed by atoms with Crippen LogP contribution >= 0.6 is 0 Å². The Morgan fingerprint density at radius 2 is 0.570 bits per heavy atom. The van der Waals surface area contributed by atoms with Crippen LogP contribution in [0.3, 0.4) is 0 Å². The first-order valence-corrected chi connectivity index (χ1v) is 42.1. The molecule has 0 N–H and O–H groups in total. The van der Waals surface area contributed by atoms with Gasteiger partial charge in [-0.25, -0.2) is 0 Å². The summed E-state index contributed by atoms with van der Waals surface area (Å²) < 4.78 is 103. The van der Waals surface area contributed by atoms with E-state index in [0.29, 0.717) is 0 Å². The summed E-state index contributed by atoms with van der Waals surface area (Å²) in [6.45, 7) is 17.9. The Balaban J connectivity index is 0.000000111. The fraction of sp³-hybridized carbons (Fsp3) is 0.203.